The van der Waals surface area contributed by atoms with Gasteiger partial charge < -0.3 is 9.47 Å². The minimum atomic E-state index is -1.27. The van der Waals surface area contributed by atoms with Crippen molar-refractivity contribution in [2.45, 2.75) is 34.0 Å². The van der Waals surface area contributed by atoms with Crippen molar-refractivity contribution >= 4 is 17.3 Å². The summed E-state index contributed by atoms with van der Waals surface area (Å²) < 4.78 is 10.1. The summed E-state index contributed by atoms with van der Waals surface area (Å²) in [5.74, 6) is -2.87. The van der Waals surface area contributed by atoms with Gasteiger partial charge in [0.1, 0.15) is 17.5 Å². The SMILES string of the molecule is CCOC(OCC)C(=O)C(C(C)=O)C(C)=O. The first-order valence-electron chi connectivity index (χ1n) is 5.23. The number of hydrogen-bond donors (Lipinski definition) is 0. The van der Waals surface area contributed by atoms with E-state index in [9.17, 15) is 14.4 Å². The highest BCUT2D eigenvalue weighted by Crippen LogP contribution is 2.09. The molecule has 0 aromatic heterocycles. The second-order valence-electron chi connectivity index (χ2n) is 3.30. The first-order chi connectivity index (χ1) is 7.45. The molecule has 0 heterocycles. The standard InChI is InChI=1S/C11H18O5/c1-5-15-11(16-6-2)10(14)9(7(3)12)8(4)13/h9,11H,5-6H2,1-4H3. The van der Waals surface area contributed by atoms with E-state index in [0.717, 1.165) is 0 Å². The molecule has 0 spiro atoms. The number of carbonyl (C=O) groups is 3. The summed E-state index contributed by atoms with van der Waals surface area (Å²) in [6, 6.07) is 0. The van der Waals surface area contributed by atoms with Crippen LogP contribution in [0.5, 0.6) is 0 Å². The Morgan fingerprint density at radius 2 is 1.31 bits per heavy atom. The normalized spacial score (nSPS) is 10.9. The summed E-state index contributed by atoms with van der Waals surface area (Å²) >= 11 is 0. The van der Waals surface area contributed by atoms with Gasteiger partial charge in [-0.1, -0.05) is 0 Å². The first-order valence-corrected chi connectivity index (χ1v) is 5.23. The van der Waals surface area contributed by atoms with Gasteiger partial charge in [-0.05, 0) is 27.7 Å². The van der Waals surface area contributed by atoms with Crippen molar-refractivity contribution in [3.63, 3.8) is 0 Å². The summed E-state index contributed by atoms with van der Waals surface area (Å²) in [5.41, 5.74) is 0. The lowest BCUT2D eigenvalue weighted by Crippen LogP contribution is -2.39. The van der Waals surface area contributed by atoms with E-state index in [0.29, 0.717) is 0 Å². The van der Waals surface area contributed by atoms with E-state index >= 15 is 0 Å². The number of Topliss-reactive ketones (excluding diaryl/α,β-unsaturated/α-hetero) is 3. The molecular formula is C11H18O5. The highest BCUT2D eigenvalue weighted by Gasteiger charge is 2.34. The lowest BCUT2D eigenvalue weighted by Gasteiger charge is -2.18. The monoisotopic (exact) mass is 230 g/mol. The lowest BCUT2D eigenvalue weighted by atomic mass is 9.95. The Morgan fingerprint density at radius 1 is 0.938 bits per heavy atom. The molecule has 0 unspecified atom stereocenters. The molecule has 0 saturated heterocycles. The fraction of sp³-hybridized carbons (Fsp3) is 0.727. The molecule has 0 aliphatic heterocycles. The summed E-state index contributed by atoms with van der Waals surface area (Å²) in [6.45, 7) is 6.38. The van der Waals surface area contributed by atoms with Crippen molar-refractivity contribution in [2.24, 2.45) is 5.92 Å². The molecule has 0 fully saturated rings. The van der Waals surface area contributed by atoms with Gasteiger partial charge in [-0.3, -0.25) is 14.4 Å². The minimum Gasteiger partial charge on any atom is -0.346 e. The molecule has 0 atom stereocenters. The Labute approximate surface area is 95.1 Å². The fourth-order valence-electron chi connectivity index (χ4n) is 1.34. The molecule has 0 N–H and O–H groups in total. The molecule has 0 aliphatic rings. The number of ether oxygens (including phenoxy) is 2. The second kappa shape index (κ2) is 7.24. The average Bonchev–Trinajstić information content (AvgIpc) is 2.16. The van der Waals surface area contributed by atoms with Gasteiger partial charge in [0.15, 0.2) is 0 Å². The van der Waals surface area contributed by atoms with Crippen molar-refractivity contribution in [3.05, 3.63) is 0 Å². The summed E-state index contributed by atoms with van der Waals surface area (Å²) in [7, 11) is 0. The number of hydrogen-bond acceptors (Lipinski definition) is 5. The predicted molar refractivity (Wildman–Crippen MR) is 56.9 cm³/mol. The van der Waals surface area contributed by atoms with Crippen molar-refractivity contribution < 1.29 is 23.9 Å². The van der Waals surface area contributed by atoms with E-state index < -0.39 is 29.6 Å². The largest absolute Gasteiger partial charge is 0.346 e. The zero-order valence-electron chi connectivity index (χ0n) is 10.1. The zero-order valence-corrected chi connectivity index (χ0v) is 10.1. The van der Waals surface area contributed by atoms with Crippen molar-refractivity contribution in [1.29, 1.82) is 0 Å². The van der Waals surface area contributed by atoms with Crippen LogP contribution in [0.25, 0.3) is 0 Å². The molecule has 5 heteroatoms. The van der Waals surface area contributed by atoms with E-state index in [2.05, 4.69) is 0 Å². The Kier molecular flexibility index (Phi) is 6.76. The van der Waals surface area contributed by atoms with E-state index in [-0.39, 0.29) is 13.2 Å². The molecule has 0 aromatic carbocycles. The molecule has 0 aliphatic carbocycles. The highest BCUT2D eigenvalue weighted by molar-refractivity contribution is 6.18. The lowest BCUT2D eigenvalue weighted by molar-refractivity contribution is -0.173. The smallest absolute Gasteiger partial charge is 0.219 e. The van der Waals surface area contributed by atoms with Gasteiger partial charge in [0.2, 0.25) is 12.1 Å². The van der Waals surface area contributed by atoms with Gasteiger partial charge >= 0.3 is 0 Å². The van der Waals surface area contributed by atoms with Crippen molar-refractivity contribution in [2.75, 3.05) is 13.2 Å². The number of ketones is 3. The van der Waals surface area contributed by atoms with Crippen LogP contribution in [0.15, 0.2) is 0 Å². The third-order valence-electron chi connectivity index (χ3n) is 1.97. The van der Waals surface area contributed by atoms with Gasteiger partial charge in [0.25, 0.3) is 0 Å². The Hall–Kier alpha value is -1.07. The van der Waals surface area contributed by atoms with Crippen molar-refractivity contribution in [1.82, 2.24) is 0 Å². The van der Waals surface area contributed by atoms with Crippen LogP contribution in [-0.2, 0) is 23.9 Å². The van der Waals surface area contributed by atoms with E-state index in [4.69, 9.17) is 9.47 Å². The maximum atomic E-state index is 11.8. The number of carbonyl (C=O) groups excluding carboxylic acids is 3. The second-order valence-corrected chi connectivity index (χ2v) is 3.30. The minimum absolute atomic E-state index is 0.277. The molecule has 0 aromatic rings. The van der Waals surface area contributed by atoms with Crippen LogP contribution in [0, 0.1) is 5.92 Å². The number of rotatable bonds is 8. The van der Waals surface area contributed by atoms with Crippen LogP contribution in [0.4, 0.5) is 0 Å². The van der Waals surface area contributed by atoms with Gasteiger partial charge in [0.05, 0.1) is 0 Å². The van der Waals surface area contributed by atoms with Crippen LogP contribution in [-0.4, -0.2) is 36.9 Å². The van der Waals surface area contributed by atoms with Crippen LogP contribution in [0.2, 0.25) is 0 Å². The quantitative estimate of drug-likeness (QED) is 0.454. The van der Waals surface area contributed by atoms with E-state index in [1.54, 1.807) is 13.8 Å². The van der Waals surface area contributed by atoms with Crippen LogP contribution < -0.4 is 0 Å². The Bertz CT molecular complexity index is 252. The summed E-state index contributed by atoms with van der Waals surface area (Å²) in [4.78, 5) is 34.2. The predicted octanol–water partition coefficient (Wildman–Crippen LogP) is 0.749. The van der Waals surface area contributed by atoms with Crippen LogP contribution >= 0.6 is 0 Å². The molecular weight excluding hydrogens is 212 g/mol. The van der Waals surface area contributed by atoms with Gasteiger partial charge in [-0.2, -0.15) is 0 Å². The van der Waals surface area contributed by atoms with Gasteiger partial charge in [-0.25, -0.2) is 0 Å². The molecule has 0 bridgehead atoms. The molecule has 0 radical (unpaired) electrons. The van der Waals surface area contributed by atoms with Crippen LogP contribution in [0.3, 0.4) is 0 Å². The first kappa shape index (κ1) is 14.9. The summed E-state index contributed by atoms with van der Waals surface area (Å²) in [5, 5.41) is 0. The van der Waals surface area contributed by atoms with E-state index in [1.807, 2.05) is 0 Å². The molecule has 5 nitrogen and oxygen atoms in total. The van der Waals surface area contributed by atoms with E-state index in [1.165, 1.54) is 13.8 Å². The average molecular weight is 230 g/mol. The van der Waals surface area contributed by atoms with Gasteiger partial charge in [-0.15, -0.1) is 0 Å². The Morgan fingerprint density at radius 3 is 1.56 bits per heavy atom. The Balaban J connectivity index is 4.79. The summed E-state index contributed by atoms with van der Waals surface area (Å²) in [6.07, 6.45) is -1.13. The van der Waals surface area contributed by atoms with Crippen LogP contribution in [0.1, 0.15) is 27.7 Å². The fourth-order valence-corrected chi connectivity index (χ4v) is 1.34. The zero-order chi connectivity index (χ0) is 12.7. The molecule has 0 rings (SSSR count). The third-order valence-corrected chi connectivity index (χ3v) is 1.97. The third kappa shape index (κ3) is 4.20. The topological polar surface area (TPSA) is 69.7 Å². The molecule has 0 saturated carbocycles. The highest BCUT2D eigenvalue weighted by atomic mass is 16.7. The maximum absolute atomic E-state index is 11.8. The molecule has 16 heavy (non-hydrogen) atoms. The molecule has 0 amide bonds. The van der Waals surface area contributed by atoms with Crippen molar-refractivity contribution in [3.8, 4) is 0 Å². The van der Waals surface area contributed by atoms with Gasteiger partial charge in [0, 0.05) is 13.2 Å². The maximum Gasteiger partial charge on any atom is 0.219 e. The molecule has 92 valence electrons.